The third-order valence-electron chi connectivity index (χ3n) is 2.71. The first kappa shape index (κ1) is 15.4. The van der Waals surface area contributed by atoms with Gasteiger partial charge in [0.2, 0.25) is 0 Å². The van der Waals surface area contributed by atoms with E-state index in [1.165, 1.54) is 5.56 Å². The maximum atomic E-state index is 12.1. The Hall–Kier alpha value is -0.970. The number of anilines is 1. The van der Waals surface area contributed by atoms with Gasteiger partial charge >= 0.3 is 0 Å². The van der Waals surface area contributed by atoms with Gasteiger partial charge in [0.1, 0.15) is 0 Å². The van der Waals surface area contributed by atoms with Crippen molar-refractivity contribution >= 4 is 50.9 Å². The van der Waals surface area contributed by atoms with Crippen LogP contribution in [0, 0.1) is 0 Å². The molecule has 20 heavy (non-hydrogen) atoms. The smallest absolute Gasteiger partial charge is 0.255 e. The minimum atomic E-state index is -0.162. The molecule has 5 heteroatoms. The lowest BCUT2D eigenvalue weighted by Gasteiger charge is -2.08. The summed E-state index contributed by atoms with van der Waals surface area (Å²) < 4.78 is 0.877. The van der Waals surface area contributed by atoms with Gasteiger partial charge in [-0.3, -0.25) is 4.79 Å². The maximum Gasteiger partial charge on any atom is 0.255 e. The van der Waals surface area contributed by atoms with Crippen LogP contribution in [0.15, 0.2) is 46.9 Å². The minimum Gasteiger partial charge on any atom is -0.321 e. The summed E-state index contributed by atoms with van der Waals surface area (Å²) >= 11 is 11.2. The first-order chi connectivity index (χ1) is 9.60. The third-order valence-corrected chi connectivity index (χ3v) is 4.13. The van der Waals surface area contributed by atoms with Gasteiger partial charge in [-0.2, -0.15) is 11.8 Å². The second kappa shape index (κ2) is 7.16. The van der Waals surface area contributed by atoms with Crippen molar-refractivity contribution in [2.45, 2.75) is 5.75 Å². The molecule has 2 aromatic carbocycles. The standard InChI is InChI=1S/C15H13BrClNOS/c1-20-9-10-2-4-11(5-3-10)15(19)18-14-7-6-12(16)8-13(14)17/h2-8H,9H2,1H3,(H,18,19). The van der Waals surface area contributed by atoms with E-state index in [0.717, 1.165) is 10.2 Å². The fourth-order valence-electron chi connectivity index (χ4n) is 1.70. The van der Waals surface area contributed by atoms with Gasteiger partial charge in [-0.05, 0) is 42.2 Å². The molecule has 0 spiro atoms. The minimum absolute atomic E-state index is 0.162. The fraction of sp³-hybridized carbons (Fsp3) is 0.133. The maximum absolute atomic E-state index is 12.1. The van der Waals surface area contributed by atoms with Crippen LogP contribution < -0.4 is 5.32 Å². The van der Waals surface area contributed by atoms with Crippen molar-refractivity contribution in [2.75, 3.05) is 11.6 Å². The molecule has 0 unspecified atom stereocenters. The predicted molar refractivity (Wildman–Crippen MR) is 90.8 cm³/mol. The molecule has 2 nitrogen and oxygen atoms in total. The number of hydrogen-bond donors (Lipinski definition) is 1. The van der Waals surface area contributed by atoms with Crippen LogP contribution in [0.3, 0.4) is 0 Å². The topological polar surface area (TPSA) is 29.1 Å². The van der Waals surface area contributed by atoms with Gasteiger partial charge in [0.15, 0.2) is 0 Å². The van der Waals surface area contributed by atoms with Crippen molar-refractivity contribution in [3.8, 4) is 0 Å². The van der Waals surface area contributed by atoms with Gasteiger partial charge in [0.05, 0.1) is 10.7 Å². The number of hydrogen-bond acceptors (Lipinski definition) is 2. The summed E-state index contributed by atoms with van der Waals surface area (Å²) in [6.45, 7) is 0. The fourth-order valence-corrected chi connectivity index (χ4v) is 2.95. The van der Waals surface area contributed by atoms with E-state index in [-0.39, 0.29) is 5.91 Å². The first-order valence-corrected chi connectivity index (χ1v) is 8.51. The monoisotopic (exact) mass is 369 g/mol. The molecule has 0 saturated carbocycles. The molecule has 0 atom stereocenters. The van der Waals surface area contributed by atoms with Gasteiger partial charge < -0.3 is 5.32 Å². The Morgan fingerprint density at radius 3 is 2.55 bits per heavy atom. The first-order valence-electron chi connectivity index (χ1n) is 5.94. The molecule has 0 radical (unpaired) electrons. The highest BCUT2D eigenvalue weighted by Crippen LogP contribution is 2.26. The Bertz CT molecular complexity index is 616. The van der Waals surface area contributed by atoms with E-state index in [1.54, 1.807) is 23.9 Å². The summed E-state index contributed by atoms with van der Waals surface area (Å²) in [5.41, 5.74) is 2.43. The average Bonchev–Trinajstić information content (AvgIpc) is 2.43. The zero-order valence-electron chi connectivity index (χ0n) is 10.8. The molecule has 2 rings (SSSR count). The van der Waals surface area contributed by atoms with Crippen LogP contribution in [0.5, 0.6) is 0 Å². The molecule has 0 fully saturated rings. The Labute approximate surface area is 136 Å². The molecule has 2 aromatic rings. The molecule has 0 heterocycles. The van der Waals surface area contributed by atoms with Gasteiger partial charge in [-0.25, -0.2) is 0 Å². The summed E-state index contributed by atoms with van der Waals surface area (Å²) in [5, 5.41) is 3.31. The normalized spacial score (nSPS) is 10.3. The lowest BCUT2D eigenvalue weighted by Crippen LogP contribution is -2.12. The average molecular weight is 371 g/mol. The molecular formula is C15H13BrClNOS. The van der Waals surface area contributed by atoms with Crippen LogP contribution in [-0.4, -0.2) is 12.2 Å². The number of nitrogens with one attached hydrogen (secondary N) is 1. The molecular weight excluding hydrogens is 358 g/mol. The Morgan fingerprint density at radius 1 is 1.25 bits per heavy atom. The van der Waals surface area contributed by atoms with E-state index in [2.05, 4.69) is 27.5 Å². The third kappa shape index (κ3) is 4.01. The quantitative estimate of drug-likeness (QED) is 0.799. The molecule has 0 saturated heterocycles. The van der Waals surface area contributed by atoms with Crippen LogP contribution in [0.1, 0.15) is 15.9 Å². The lowest BCUT2D eigenvalue weighted by atomic mass is 10.1. The summed E-state index contributed by atoms with van der Waals surface area (Å²) in [6, 6.07) is 12.9. The van der Waals surface area contributed by atoms with E-state index in [1.807, 2.05) is 30.3 Å². The van der Waals surface area contributed by atoms with Crippen molar-refractivity contribution in [2.24, 2.45) is 0 Å². The lowest BCUT2D eigenvalue weighted by molar-refractivity contribution is 0.102. The second-order valence-electron chi connectivity index (χ2n) is 4.21. The largest absolute Gasteiger partial charge is 0.321 e. The van der Waals surface area contributed by atoms with Crippen molar-refractivity contribution in [1.29, 1.82) is 0 Å². The highest BCUT2D eigenvalue weighted by Gasteiger charge is 2.08. The van der Waals surface area contributed by atoms with Gasteiger partial charge in [0.25, 0.3) is 5.91 Å². The van der Waals surface area contributed by atoms with Crippen LogP contribution >= 0.6 is 39.3 Å². The zero-order valence-corrected chi connectivity index (χ0v) is 14.0. The predicted octanol–water partition coefficient (Wildman–Crippen LogP) is 5.22. The SMILES string of the molecule is CSCc1ccc(C(=O)Nc2ccc(Br)cc2Cl)cc1. The molecule has 104 valence electrons. The summed E-state index contributed by atoms with van der Waals surface area (Å²) in [6.07, 6.45) is 2.05. The highest BCUT2D eigenvalue weighted by atomic mass is 79.9. The van der Waals surface area contributed by atoms with Crippen molar-refractivity contribution < 1.29 is 4.79 Å². The van der Waals surface area contributed by atoms with Crippen LogP contribution in [-0.2, 0) is 5.75 Å². The number of rotatable bonds is 4. The number of halogens is 2. The molecule has 1 amide bonds. The number of carbonyl (C=O) groups excluding carboxylic acids is 1. The molecule has 0 aliphatic rings. The zero-order chi connectivity index (χ0) is 14.5. The van der Waals surface area contributed by atoms with Crippen LogP contribution in [0.25, 0.3) is 0 Å². The number of carbonyl (C=O) groups is 1. The van der Waals surface area contributed by atoms with Gasteiger partial charge in [-0.15, -0.1) is 0 Å². The molecule has 1 N–H and O–H groups in total. The van der Waals surface area contributed by atoms with Crippen LogP contribution in [0.2, 0.25) is 5.02 Å². The summed E-state index contributed by atoms with van der Waals surface area (Å²) in [5.74, 6) is 0.783. The Kier molecular flexibility index (Phi) is 5.52. The van der Waals surface area contributed by atoms with E-state index in [0.29, 0.717) is 16.3 Å². The molecule has 0 aliphatic heterocycles. The molecule has 0 aromatic heterocycles. The number of amides is 1. The van der Waals surface area contributed by atoms with Gasteiger partial charge in [0, 0.05) is 15.8 Å². The second-order valence-corrected chi connectivity index (χ2v) is 6.40. The van der Waals surface area contributed by atoms with Crippen molar-refractivity contribution in [3.63, 3.8) is 0 Å². The van der Waals surface area contributed by atoms with E-state index < -0.39 is 0 Å². The van der Waals surface area contributed by atoms with E-state index in [4.69, 9.17) is 11.6 Å². The van der Waals surface area contributed by atoms with Crippen molar-refractivity contribution in [3.05, 3.63) is 63.1 Å². The molecule has 0 bridgehead atoms. The molecule has 0 aliphatic carbocycles. The van der Waals surface area contributed by atoms with Gasteiger partial charge in [-0.1, -0.05) is 39.7 Å². The number of thioether (sulfide) groups is 1. The van der Waals surface area contributed by atoms with Crippen molar-refractivity contribution in [1.82, 2.24) is 0 Å². The van der Waals surface area contributed by atoms with E-state index >= 15 is 0 Å². The van der Waals surface area contributed by atoms with E-state index in [9.17, 15) is 4.79 Å². The summed E-state index contributed by atoms with van der Waals surface area (Å²) in [4.78, 5) is 12.1. The Balaban J connectivity index is 2.11. The highest BCUT2D eigenvalue weighted by molar-refractivity contribution is 9.10. The summed E-state index contributed by atoms with van der Waals surface area (Å²) in [7, 11) is 0. The number of benzene rings is 2. The Morgan fingerprint density at radius 2 is 1.95 bits per heavy atom. The van der Waals surface area contributed by atoms with Crippen LogP contribution in [0.4, 0.5) is 5.69 Å².